The fourth-order valence-electron chi connectivity index (χ4n) is 2.07. The summed E-state index contributed by atoms with van der Waals surface area (Å²) in [6.45, 7) is 1.36. The summed E-state index contributed by atoms with van der Waals surface area (Å²) in [5.41, 5.74) is 0.866. The number of hydrogen-bond donors (Lipinski definition) is 1. The first kappa shape index (κ1) is 15.3. The largest absolute Gasteiger partial charge is 0.421 e. The van der Waals surface area contributed by atoms with Crippen LogP contribution in [0.2, 0.25) is 10.0 Å². The third-order valence-corrected chi connectivity index (χ3v) is 4.25. The quantitative estimate of drug-likeness (QED) is 0.815. The van der Waals surface area contributed by atoms with Crippen LogP contribution < -0.4 is 14.4 Å². The lowest BCUT2D eigenvalue weighted by molar-refractivity contribution is 0.252. The molecule has 1 N–H and O–H groups in total. The van der Waals surface area contributed by atoms with Crippen molar-refractivity contribution in [2.45, 2.75) is 4.90 Å². The van der Waals surface area contributed by atoms with E-state index in [4.69, 9.17) is 27.4 Å². The molecular formula is C15H12Cl2N2O2S. The van der Waals surface area contributed by atoms with Crippen molar-refractivity contribution in [1.82, 2.24) is 5.32 Å². The van der Waals surface area contributed by atoms with Gasteiger partial charge in [0.05, 0.1) is 12.0 Å². The van der Waals surface area contributed by atoms with Crippen LogP contribution in [0.3, 0.4) is 0 Å². The molecule has 0 aromatic heterocycles. The molecule has 4 nitrogen and oxygen atoms in total. The molecule has 22 heavy (non-hydrogen) atoms. The van der Waals surface area contributed by atoms with Crippen molar-refractivity contribution in [2.24, 2.45) is 0 Å². The van der Waals surface area contributed by atoms with Gasteiger partial charge < -0.3 is 9.50 Å². The number of amides is 2. The Bertz CT molecular complexity index is 674. The van der Waals surface area contributed by atoms with Crippen LogP contribution in [0.1, 0.15) is 0 Å². The highest BCUT2D eigenvalue weighted by atomic mass is 35.5. The van der Waals surface area contributed by atoms with Crippen molar-refractivity contribution >= 4 is 47.0 Å². The number of hydrogen-bond acceptors (Lipinski definition) is 3. The lowest BCUT2D eigenvalue weighted by Gasteiger charge is -2.14. The van der Waals surface area contributed by atoms with Gasteiger partial charge in [-0.25, -0.2) is 4.79 Å². The van der Waals surface area contributed by atoms with Crippen molar-refractivity contribution in [1.29, 1.82) is 0 Å². The first-order valence-electron chi connectivity index (χ1n) is 6.58. The van der Waals surface area contributed by atoms with E-state index in [9.17, 15) is 4.79 Å². The van der Waals surface area contributed by atoms with Crippen LogP contribution in [-0.4, -0.2) is 19.1 Å². The summed E-state index contributed by atoms with van der Waals surface area (Å²) in [6, 6.07) is 12.6. The summed E-state index contributed by atoms with van der Waals surface area (Å²) < 4.78 is 5.60. The van der Waals surface area contributed by atoms with Gasteiger partial charge in [-0.2, -0.15) is 0 Å². The van der Waals surface area contributed by atoms with Crippen molar-refractivity contribution in [3.63, 3.8) is 0 Å². The molecule has 0 spiro atoms. The number of carbonyl (C=O) groups is 1. The molecular weight excluding hydrogens is 343 g/mol. The van der Waals surface area contributed by atoms with Crippen molar-refractivity contribution in [3.05, 3.63) is 52.5 Å². The Hall–Kier alpha value is -1.56. The van der Waals surface area contributed by atoms with Crippen LogP contribution in [0, 0.1) is 0 Å². The highest BCUT2D eigenvalue weighted by molar-refractivity contribution is 7.95. The van der Waals surface area contributed by atoms with E-state index in [0.29, 0.717) is 28.9 Å². The molecule has 2 aromatic carbocycles. The highest BCUT2D eigenvalue weighted by Crippen LogP contribution is 2.30. The highest BCUT2D eigenvalue weighted by Gasteiger charge is 2.20. The van der Waals surface area contributed by atoms with Crippen LogP contribution in [-0.2, 0) is 0 Å². The van der Waals surface area contributed by atoms with Gasteiger partial charge in [-0.1, -0.05) is 23.2 Å². The van der Waals surface area contributed by atoms with Crippen LogP contribution >= 0.6 is 35.2 Å². The predicted molar refractivity (Wildman–Crippen MR) is 90.1 cm³/mol. The fraction of sp³-hybridized carbons (Fsp3) is 0.133. The molecule has 2 amide bonds. The molecule has 0 saturated carbocycles. The van der Waals surface area contributed by atoms with Crippen molar-refractivity contribution in [3.8, 4) is 5.75 Å². The van der Waals surface area contributed by atoms with Gasteiger partial charge in [-0.15, -0.1) is 0 Å². The zero-order valence-corrected chi connectivity index (χ0v) is 13.7. The maximum absolute atomic E-state index is 11.6. The summed E-state index contributed by atoms with van der Waals surface area (Å²) in [5, 5.41) is 3.82. The van der Waals surface area contributed by atoms with Gasteiger partial charge in [0, 0.05) is 45.9 Å². The van der Waals surface area contributed by atoms with Gasteiger partial charge in [-0.05, 0) is 30.3 Å². The molecule has 0 radical (unpaired) electrons. The monoisotopic (exact) mass is 354 g/mol. The normalized spacial score (nSPS) is 14.1. The van der Waals surface area contributed by atoms with E-state index in [1.807, 2.05) is 24.3 Å². The smallest absolute Gasteiger partial charge is 0.321 e. The minimum atomic E-state index is -0.0646. The Morgan fingerprint density at radius 2 is 1.77 bits per heavy atom. The molecule has 1 saturated heterocycles. The minimum Gasteiger partial charge on any atom is -0.421 e. The van der Waals surface area contributed by atoms with Crippen LogP contribution in [0.4, 0.5) is 10.5 Å². The molecule has 1 heterocycles. The summed E-state index contributed by atoms with van der Waals surface area (Å²) >= 11 is 13.1. The number of halogens is 2. The second-order valence-corrected chi connectivity index (χ2v) is 6.33. The Labute approximate surface area is 142 Å². The maximum atomic E-state index is 11.6. The van der Waals surface area contributed by atoms with Gasteiger partial charge in [-0.3, -0.25) is 4.90 Å². The summed E-state index contributed by atoms with van der Waals surface area (Å²) in [4.78, 5) is 14.2. The molecule has 1 fully saturated rings. The number of rotatable bonds is 4. The molecule has 114 valence electrons. The first-order valence-corrected chi connectivity index (χ1v) is 8.07. The lowest BCUT2D eigenvalue weighted by Crippen LogP contribution is -2.27. The number of benzene rings is 2. The number of nitrogens with one attached hydrogen (secondary N) is 1. The SMILES string of the molecule is O=C1NCCN1c1ccc(SOc2cc(Cl)cc(Cl)c2)cc1. The van der Waals surface area contributed by atoms with E-state index in [0.717, 1.165) is 10.6 Å². The number of carbonyl (C=O) groups excluding carboxylic acids is 1. The van der Waals surface area contributed by atoms with E-state index in [1.54, 1.807) is 23.1 Å². The summed E-state index contributed by atoms with van der Waals surface area (Å²) in [7, 11) is 0. The van der Waals surface area contributed by atoms with Gasteiger partial charge in [0.15, 0.2) is 0 Å². The molecule has 1 aliphatic rings. The maximum Gasteiger partial charge on any atom is 0.321 e. The van der Waals surface area contributed by atoms with E-state index in [1.165, 1.54) is 12.0 Å². The number of nitrogens with zero attached hydrogens (tertiary/aromatic N) is 1. The van der Waals surface area contributed by atoms with Gasteiger partial charge in [0.2, 0.25) is 0 Å². The second-order valence-electron chi connectivity index (χ2n) is 4.65. The van der Waals surface area contributed by atoms with Crippen LogP contribution in [0.5, 0.6) is 5.75 Å². The molecule has 0 atom stereocenters. The first-order chi connectivity index (χ1) is 10.6. The van der Waals surface area contributed by atoms with Crippen molar-refractivity contribution in [2.75, 3.05) is 18.0 Å². The zero-order valence-electron chi connectivity index (χ0n) is 11.4. The fourth-order valence-corrected chi connectivity index (χ4v) is 3.11. The van der Waals surface area contributed by atoms with Gasteiger partial charge >= 0.3 is 6.03 Å². The lowest BCUT2D eigenvalue weighted by atomic mass is 10.3. The zero-order chi connectivity index (χ0) is 15.5. The van der Waals surface area contributed by atoms with E-state index in [2.05, 4.69) is 5.32 Å². The number of anilines is 1. The average Bonchev–Trinajstić information content (AvgIpc) is 2.91. The molecule has 0 bridgehead atoms. The second kappa shape index (κ2) is 6.69. The number of urea groups is 1. The predicted octanol–water partition coefficient (Wildman–Crippen LogP) is 4.61. The Balaban J connectivity index is 1.65. The van der Waals surface area contributed by atoms with Gasteiger partial charge in [0.1, 0.15) is 5.75 Å². The molecule has 2 aromatic rings. The van der Waals surface area contributed by atoms with Crippen LogP contribution in [0.25, 0.3) is 0 Å². The molecule has 0 unspecified atom stereocenters. The van der Waals surface area contributed by atoms with E-state index in [-0.39, 0.29) is 6.03 Å². The standard InChI is InChI=1S/C15H12Cl2N2O2S/c16-10-7-11(17)9-13(8-10)21-22-14-3-1-12(2-4-14)19-6-5-18-15(19)20/h1-4,7-9H,5-6H2,(H,18,20). The molecule has 7 heteroatoms. The third kappa shape index (κ3) is 3.61. The molecule has 0 aliphatic carbocycles. The Kier molecular flexibility index (Phi) is 4.66. The third-order valence-electron chi connectivity index (χ3n) is 3.08. The van der Waals surface area contributed by atoms with E-state index >= 15 is 0 Å². The summed E-state index contributed by atoms with van der Waals surface area (Å²) in [5.74, 6) is 0.588. The molecule has 1 aliphatic heterocycles. The summed E-state index contributed by atoms with van der Waals surface area (Å²) in [6.07, 6.45) is 0. The Morgan fingerprint density at radius 3 is 2.36 bits per heavy atom. The Morgan fingerprint density at radius 1 is 1.09 bits per heavy atom. The van der Waals surface area contributed by atoms with Gasteiger partial charge in [0.25, 0.3) is 0 Å². The molecule has 3 rings (SSSR count). The minimum absolute atomic E-state index is 0.0646. The van der Waals surface area contributed by atoms with Crippen LogP contribution in [0.15, 0.2) is 47.4 Å². The van der Waals surface area contributed by atoms with E-state index < -0.39 is 0 Å². The van der Waals surface area contributed by atoms with Crippen molar-refractivity contribution < 1.29 is 8.98 Å². The topological polar surface area (TPSA) is 41.6 Å². The average molecular weight is 355 g/mol.